The third kappa shape index (κ3) is 4.78. The van der Waals surface area contributed by atoms with Gasteiger partial charge in [-0.25, -0.2) is 13.1 Å². The zero-order valence-corrected chi connectivity index (χ0v) is 17.5. The van der Waals surface area contributed by atoms with Crippen LogP contribution in [0.4, 0.5) is 0 Å². The van der Waals surface area contributed by atoms with E-state index in [4.69, 9.17) is 23.2 Å². The number of rotatable bonds is 6. The van der Waals surface area contributed by atoms with E-state index in [0.717, 1.165) is 31.7 Å². The van der Waals surface area contributed by atoms with Crippen LogP contribution in [0, 0.1) is 0 Å². The number of thiophene rings is 1. The molecule has 2 aromatic rings. The normalized spacial score (nSPS) is 18.1. The van der Waals surface area contributed by atoms with Crippen LogP contribution in [0.3, 0.4) is 0 Å². The molecule has 1 saturated heterocycles. The van der Waals surface area contributed by atoms with Crippen molar-refractivity contribution in [1.29, 1.82) is 0 Å². The van der Waals surface area contributed by atoms with Crippen LogP contribution in [0.1, 0.15) is 11.6 Å². The van der Waals surface area contributed by atoms with Gasteiger partial charge in [0.1, 0.15) is 4.90 Å². The van der Waals surface area contributed by atoms with Gasteiger partial charge < -0.3 is 4.90 Å². The van der Waals surface area contributed by atoms with Crippen molar-refractivity contribution in [3.05, 3.63) is 50.6 Å². The van der Waals surface area contributed by atoms with Gasteiger partial charge in [0.2, 0.25) is 10.0 Å². The number of likely N-dealkylation sites (N-methyl/N-ethyl adjacent to an activating group) is 1. The molecule has 0 spiro atoms. The van der Waals surface area contributed by atoms with Crippen LogP contribution in [0.15, 0.2) is 39.9 Å². The maximum atomic E-state index is 12.7. The zero-order chi connectivity index (χ0) is 18.7. The molecule has 1 aromatic heterocycles. The molecule has 0 saturated carbocycles. The van der Waals surface area contributed by atoms with Crippen LogP contribution in [-0.4, -0.2) is 58.0 Å². The first-order valence-electron chi connectivity index (χ1n) is 8.26. The highest BCUT2D eigenvalue weighted by molar-refractivity contribution is 7.89. The van der Waals surface area contributed by atoms with E-state index in [1.165, 1.54) is 12.1 Å². The van der Waals surface area contributed by atoms with Crippen molar-refractivity contribution in [2.24, 2.45) is 0 Å². The average Bonchev–Trinajstić information content (AvgIpc) is 3.13. The zero-order valence-electron chi connectivity index (χ0n) is 14.4. The molecule has 1 fully saturated rings. The number of hydrogen-bond acceptors (Lipinski definition) is 5. The van der Waals surface area contributed by atoms with E-state index in [9.17, 15) is 8.42 Å². The Morgan fingerprint density at radius 3 is 2.58 bits per heavy atom. The van der Waals surface area contributed by atoms with E-state index in [-0.39, 0.29) is 22.5 Å². The third-order valence-corrected chi connectivity index (χ3v) is 7.40. The fraction of sp³-hybridized carbons (Fsp3) is 0.412. The van der Waals surface area contributed by atoms with E-state index in [1.54, 1.807) is 17.4 Å². The van der Waals surface area contributed by atoms with E-state index in [2.05, 4.69) is 26.9 Å². The lowest BCUT2D eigenvalue weighted by molar-refractivity contribution is 0.113. The SMILES string of the molecule is CN1CCN([C@H](CNS(=O)(=O)c2cc(Cl)ccc2Cl)c2ccsc2)CC1. The second-order valence-corrected chi connectivity index (χ2v) is 9.70. The van der Waals surface area contributed by atoms with E-state index >= 15 is 0 Å². The fourth-order valence-corrected chi connectivity index (χ4v) is 5.51. The number of benzene rings is 1. The number of halogens is 2. The molecule has 0 amide bonds. The number of nitrogens with one attached hydrogen (secondary N) is 1. The van der Waals surface area contributed by atoms with Crippen LogP contribution in [0.2, 0.25) is 10.0 Å². The molecule has 3 rings (SSSR count). The summed E-state index contributed by atoms with van der Waals surface area (Å²) in [5.41, 5.74) is 1.12. The van der Waals surface area contributed by atoms with Gasteiger partial charge in [-0.05, 0) is 47.6 Å². The second kappa shape index (κ2) is 8.56. The van der Waals surface area contributed by atoms with Crippen molar-refractivity contribution in [1.82, 2.24) is 14.5 Å². The van der Waals surface area contributed by atoms with Crippen LogP contribution in [0.5, 0.6) is 0 Å². The van der Waals surface area contributed by atoms with Crippen molar-refractivity contribution >= 4 is 44.6 Å². The highest BCUT2D eigenvalue weighted by Crippen LogP contribution is 2.27. The number of nitrogens with zero attached hydrogens (tertiary/aromatic N) is 2. The number of piperazine rings is 1. The lowest BCUT2D eigenvalue weighted by Gasteiger charge is -2.38. The van der Waals surface area contributed by atoms with Crippen molar-refractivity contribution in [2.45, 2.75) is 10.9 Å². The monoisotopic (exact) mass is 433 g/mol. The minimum atomic E-state index is -3.75. The Hall–Kier alpha value is -0.670. The molecule has 0 radical (unpaired) electrons. The Morgan fingerprint density at radius 2 is 1.92 bits per heavy atom. The Balaban J connectivity index is 1.78. The molecular weight excluding hydrogens is 413 g/mol. The Kier molecular flexibility index (Phi) is 6.61. The van der Waals surface area contributed by atoms with Gasteiger partial charge in [-0.1, -0.05) is 23.2 Å². The smallest absolute Gasteiger partial charge is 0.242 e. The lowest BCUT2D eigenvalue weighted by Crippen LogP contribution is -2.48. The Bertz CT molecular complexity index is 836. The molecule has 0 bridgehead atoms. The van der Waals surface area contributed by atoms with Crippen LogP contribution >= 0.6 is 34.5 Å². The molecule has 5 nitrogen and oxygen atoms in total. The molecule has 9 heteroatoms. The van der Waals surface area contributed by atoms with Gasteiger partial charge in [-0.2, -0.15) is 11.3 Å². The topological polar surface area (TPSA) is 52.6 Å². The molecule has 1 aliphatic rings. The molecule has 1 aromatic carbocycles. The standard InChI is InChI=1S/C17H21Cl2N3O2S2/c1-21-5-7-22(8-6-21)16(13-4-9-25-12-13)11-20-26(23,24)17-10-14(18)2-3-15(17)19/h2-4,9-10,12,16,20H,5-8,11H2,1H3/t16-/m1/s1. The molecular formula is C17H21Cl2N3O2S2. The van der Waals surface area contributed by atoms with Crippen molar-refractivity contribution in [2.75, 3.05) is 39.8 Å². The summed E-state index contributed by atoms with van der Waals surface area (Å²) in [7, 11) is -1.65. The highest BCUT2D eigenvalue weighted by atomic mass is 35.5. The van der Waals surface area contributed by atoms with Gasteiger partial charge in [-0.15, -0.1) is 0 Å². The summed E-state index contributed by atoms with van der Waals surface area (Å²) < 4.78 is 28.2. The lowest BCUT2D eigenvalue weighted by atomic mass is 10.1. The van der Waals surface area contributed by atoms with Crippen molar-refractivity contribution in [3.8, 4) is 0 Å². The van der Waals surface area contributed by atoms with Crippen LogP contribution in [-0.2, 0) is 10.0 Å². The largest absolute Gasteiger partial charge is 0.304 e. The van der Waals surface area contributed by atoms with E-state index in [1.807, 2.05) is 11.4 Å². The second-order valence-electron chi connectivity index (χ2n) is 6.34. The van der Waals surface area contributed by atoms with Gasteiger partial charge in [0, 0.05) is 43.8 Å². The van der Waals surface area contributed by atoms with Gasteiger partial charge in [0.15, 0.2) is 0 Å². The Labute approximate surface area is 168 Å². The molecule has 0 aliphatic carbocycles. The third-order valence-electron chi connectivity index (χ3n) is 4.56. The molecule has 1 aliphatic heterocycles. The first-order chi connectivity index (χ1) is 12.4. The van der Waals surface area contributed by atoms with Crippen LogP contribution in [0.25, 0.3) is 0 Å². The van der Waals surface area contributed by atoms with E-state index < -0.39 is 10.0 Å². The summed E-state index contributed by atoms with van der Waals surface area (Å²) in [5.74, 6) is 0. The fourth-order valence-electron chi connectivity index (χ4n) is 3.01. The van der Waals surface area contributed by atoms with Crippen molar-refractivity contribution < 1.29 is 8.42 Å². The predicted octanol–water partition coefficient (Wildman–Crippen LogP) is 3.32. The first-order valence-corrected chi connectivity index (χ1v) is 11.4. The van der Waals surface area contributed by atoms with Gasteiger partial charge in [0.25, 0.3) is 0 Å². The molecule has 1 atom stereocenters. The van der Waals surface area contributed by atoms with Gasteiger partial charge in [0.05, 0.1) is 5.02 Å². The van der Waals surface area contributed by atoms with Gasteiger partial charge in [-0.3, -0.25) is 4.90 Å². The van der Waals surface area contributed by atoms with Gasteiger partial charge >= 0.3 is 0 Å². The minimum absolute atomic E-state index is 0.00844. The van der Waals surface area contributed by atoms with E-state index in [0.29, 0.717) is 5.02 Å². The molecule has 1 N–H and O–H groups in total. The maximum Gasteiger partial charge on any atom is 0.242 e. The molecule has 142 valence electrons. The summed E-state index contributed by atoms with van der Waals surface area (Å²) in [4.78, 5) is 4.61. The molecule has 0 unspecified atom stereocenters. The summed E-state index contributed by atoms with van der Waals surface area (Å²) >= 11 is 13.6. The number of sulfonamides is 1. The van der Waals surface area contributed by atoms with Crippen LogP contribution < -0.4 is 4.72 Å². The maximum absolute atomic E-state index is 12.7. The average molecular weight is 434 g/mol. The highest BCUT2D eigenvalue weighted by Gasteiger charge is 2.27. The summed E-state index contributed by atoms with van der Waals surface area (Å²) in [5, 5.41) is 4.58. The summed E-state index contributed by atoms with van der Waals surface area (Å²) in [6, 6.07) is 6.48. The summed E-state index contributed by atoms with van der Waals surface area (Å²) in [6.07, 6.45) is 0. The molecule has 2 heterocycles. The first kappa shape index (κ1) is 20.1. The Morgan fingerprint density at radius 1 is 1.19 bits per heavy atom. The van der Waals surface area contributed by atoms with Crippen molar-refractivity contribution in [3.63, 3.8) is 0 Å². The number of hydrogen-bond donors (Lipinski definition) is 1. The quantitative estimate of drug-likeness (QED) is 0.758. The predicted molar refractivity (Wildman–Crippen MR) is 108 cm³/mol. The minimum Gasteiger partial charge on any atom is -0.304 e. The summed E-state index contributed by atoms with van der Waals surface area (Å²) in [6.45, 7) is 4.01. The molecule has 26 heavy (non-hydrogen) atoms.